The number of hydrogen-bond donors (Lipinski definition) is 1. The Hall–Kier alpha value is -2.18. The van der Waals surface area contributed by atoms with E-state index < -0.39 is 0 Å². The van der Waals surface area contributed by atoms with E-state index in [9.17, 15) is 4.79 Å². The molecule has 1 aliphatic heterocycles. The van der Waals surface area contributed by atoms with Crippen molar-refractivity contribution in [1.82, 2.24) is 10.1 Å². The zero-order valence-corrected chi connectivity index (χ0v) is 12.5. The lowest BCUT2D eigenvalue weighted by molar-refractivity contribution is -0.123. The zero-order valence-electron chi connectivity index (χ0n) is 12.5. The summed E-state index contributed by atoms with van der Waals surface area (Å²) in [4.78, 5) is 14.9. The van der Waals surface area contributed by atoms with Crippen molar-refractivity contribution < 1.29 is 14.1 Å². The Morgan fingerprint density at radius 2 is 2.00 bits per heavy atom. The third kappa shape index (κ3) is 3.35. The van der Waals surface area contributed by atoms with E-state index in [1.807, 2.05) is 30.3 Å². The lowest BCUT2D eigenvalue weighted by atomic mass is 10.0. The van der Waals surface area contributed by atoms with E-state index in [1.165, 1.54) is 0 Å². The van der Waals surface area contributed by atoms with Crippen molar-refractivity contribution in [3.05, 3.63) is 47.7 Å². The van der Waals surface area contributed by atoms with Gasteiger partial charge in [0.25, 0.3) is 0 Å². The van der Waals surface area contributed by atoms with Gasteiger partial charge in [-0.25, -0.2) is 0 Å². The fourth-order valence-corrected chi connectivity index (χ4v) is 2.62. The Balaban J connectivity index is 1.82. The summed E-state index contributed by atoms with van der Waals surface area (Å²) in [6.07, 6.45) is 0. The summed E-state index contributed by atoms with van der Waals surface area (Å²) in [5, 5.41) is 6.66. The van der Waals surface area contributed by atoms with E-state index >= 15 is 0 Å². The molecule has 1 atom stereocenters. The van der Waals surface area contributed by atoms with Crippen molar-refractivity contribution in [2.24, 2.45) is 0 Å². The predicted octanol–water partition coefficient (Wildman–Crippen LogP) is 2.00. The first kappa shape index (κ1) is 14.7. The largest absolute Gasteiger partial charge is 0.379 e. The van der Waals surface area contributed by atoms with Crippen LogP contribution in [0.4, 0.5) is 5.82 Å². The smallest absolute Gasteiger partial charge is 0.247 e. The van der Waals surface area contributed by atoms with Gasteiger partial charge in [0.15, 0.2) is 5.82 Å². The molecule has 1 amide bonds. The molecule has 116 valence electrons. The van der Waals surface area contributed by atoms with Gasteiger partial charge in [0.1, 0.15) is 11.8 Å². The minimum absolute atomic E-state index is 0.110. The first-order chi connectivity index (χ1) is 10.7. The number of amides is 1. The first-order valence-electron chi connectivity index (χ1n) is 7.35. The average Bonchev–Trinajstić information content (AvgIpc) is 2.95. The monoisotopic (exact) mass is 301 g/mol. The quantitative estimate of drug-likeness (QED) is 0.935. The van der Waals surface area contributed by atoms with E-state index in [0.29, 0.717) is 24.8 Å². The lowest BCUT2D eigenvalue weighted by Crippen LogP contribution is -2.43. The maximum absolute atomic E-state index is 12.7. The summed E-state index contributed by atoms with van der Waals surface area (Å²) < 4.78 is 10.4. The normalized spacial score (nSPS) is 17.1. The van der Waals surface area contributed by atoms with Crippen molar-refractivity contribution in [3.63, 3.8) is 0 Å². The SMILES string of the molecule is Cc1cc(NC(=O)[C@H](c2ccccc2)N2CCOCC2)no1. The van der Waals surface area contributed by atoms with Crippen LogP contribution in [0.25, 0.3) is 0 Å². The lowest BCUT2D eigenvalue weighted by Gasteiger charge is -2.33. The number of aryl methyl sites for hydroxylation is 1. The van der Waals surface area contributed by atoms with Crippen LogP contribution in [0.2, 0.25) is 0 Å². The van der Waals surface area contributed by atoms with Gasteiger partial charge in [-0.1, -0.05) is 35.5 Å². The number of ether oxygens (including phenoxy) is 1. The number of anilines is 1. The number of hydrogen-bond acceptors (Lipinski definition) is 5. The number of benzene rings is 1. The first-order valence-corrected chi connectivity index (χ1v) is 7.35. The fraction of sp³-hybridized carbons (Fsp3) is 0.375. The van der Waals surface area contributed by atoms with Gasteiger partial charge in [-0.05, 0) is 12.5 Å². The van der Waals surface area contributed by atoms with E-state index in [0.717, 1.165) is 18.7 Å². The van der Waals surface area contributed by atoms with Crippen molar-refractivity contribution in [1.29, 1.82) is 0 Å². The summed E-state index contributed by atoms with van der Waals surface area (Å²) in [6, 6.07) is 11.1. The Labute approximate surface area is 129 Å². The van der Waals surface area contributed by atoms with Gasteiger partial charge in [-0.2, -0.15) is 0 Å². The summed E-state index contributed by atoms with van der Waals surface area (Å²) >= 11 is 0. The molecule has 6 heteroatoms. The van der Waals surface area contributed by atoms with Gasteiger partial charge in [-0.15, -0.1) is 0 Å². The Kier molecular flexibility index (Phi) is 4.50. The number of carbonyl (C=O) groups excluding carboxylic acids is 1. The molecule has 1 aromatic carbocycles. The Morgan fingerprint density at radius 1 is 1.27 bits per heavy atom. The molecule has 2 aromatic rings. The zero-order chi connectivity index (χ0) is 15.4. The number of nitrogens with one attached hydrogen (secondary N) is 1. The molecule has 1 fully saturated rings. The van der Waals surface area contributed by atoms with Crippen LogP contribution >= 0.6 is 0 Å². The van der Waals surface area contributed by atoms with Crippen LogP contribution in [0.1, 0.15) is 17.4 Å². The highest BCUT2D eigenvalue weighted by Gasteiger charge is 2.29. The van der Waals surface area contributed by atoms with Gasteiger partial charge in [0, 0.05) is 19.2 Å². The number of nitrogens with zero attached hydrogens (tertiary/aromatic N) is 2. The molecule has 0 radical (unpaired) electrons. The second kappa shape index (κ2) is 6.72. The van der Waals surface area contributed by atoms with Crippen LogP contribution in [0, 0.1) is 6.92 Å². The molecule has 0 saturated carbocycles. The van der Waals surface area contributed by atoms with Gasteiger partial charge < -0.3 is 14.6 Å². The number of carbonyl (C=O) groups is 1. The Bertz CT molecular complexity index is 621. The molecule has 1 N–H and O–H groups in total. The molecular weight excluding hydrogens is 282 g/mol. The third-order valence-corrected chi connectivity index (χ3v) is 3.65. The average molecular weight is 301 g/mol. The van der Waals surface area contributed by atoms with E-state index in [1.54, 1.807) is 13.0 Å². The molecule has 0 bridgehead atoms. The highest BCUT2D eigenvalue weighted by atomic mass is 16.5. The minimum atomic E-state index is -0.359. The summed E-state index contributed by atoms with van der Waals surface area (Å²) in [5.74, 6) is 0.996. The van der Waals surface area contributed by atoms with Crippen LogP contribution in [-0.4, -0.2) is 42.3 Å². The second-order valence-electron chi connectivity index (χ2n) is 5.27. The van der Waals surface area contributed by atoms with Crippen LogP contribution < -0.4 is 5.32 Å². The molecule has 1 aromatic heterocycles. The number of morpholine rings is 1. The van der Waals surface area contributed by atoms with Crippen molar-refractivity contribution in [2.75, 3.05) is 31.6 Å². The highest BCUT2D eigenvalue weighted by Crippen LogP contribution is 2.23. The van der Waals surface area contributed by atoms with E-state index in [-0.39, 0.29) is 11.9 Å². The molecule has 2 heterocycles. The summed E-state index contributed by atoms with van der Waals surface area (Å²) in [5.41, 5.74) is 0.960. The van der Waals surface area contributed by atoms with Gasteiger partial charge in [0.2, 0.25) is 5.91 Å². The molecule has 1 saturated heterocycles. The van der Waals surface area contributed by atoms with E-state index in [2.05, 4.69) is 15.4 Å². The molecule has 0 aliphatic carbocycles. The van der Waals surface area contributed by atoms with Crippen LogP contribution in [0.3, 0.4) is 0 Å². The van der Waals surface area contributed by atoms with Gasteiger partial charge in [-0.3, -0.25) is 9.69 Å². The molecular formula is C16H19N3O3. The Morgan fingerprint density at radius 3 is 2.64 bits per heavy atom. The topological polar surface area (TPSA) is 67.6 Å². The maximum atomic E-state index is 12.7. The minimum Gasteiger partial charge on any atom is -0.379 e. The third-order valence-electron chi connectivity index (χ3n) is 3.65. The van der Waals surface area contributed by atoms with Crippen LogP contribution in [-0.2, 0) is 9.53 Å². The van der Waals surface area contributed by atoms with Crippen LogP contribution in [0.5, 0.6) is 0 Å². The standard InChI is InChI=1S/C16H19N3O3/c1-12-11-14(18-22-12)17-16(20)15(13-5-3-2-4-6-13)19-7-9-21-10-8-19/h2-6,11,15H,7-10H2,1H3,(H,17,18,20)/t15-/m0/s1. The van der Waals surface area contributed by atoms with Gasteiger partial charge >= 0.3 is 0 Å². The number of rotatable bonds is 4. The highest BCUT2D eigenvalue weighted by molar-refractivity contribution is 5.94. The van der Waals surface area contributed by atoms with Gasteiger partial charge in [0.05, 0.1) is 13.2 Å². The van der Waals surface area contributed by atoms with E-state index in [4.69, 9.17) is 9.26 Å². The van der Waals surface area contributed by atoms with Crippen LogP contribution in [0.15, 0.2) is 40.9 Å². The fourth-order valence-electron chi connectivity index (χ4n) is 2.62. The summed E-state index contributed by atoms with van der Waals surface area (Å²) in [7, 11) is 0. The molecule has 22 heavy (non-hydrogen) atoms. The molecule has 0 unspecified atom stereocenters. The molecule has 6 nitrogen and oxygen atoms in total. The van der Waals surface area contributed by atoms with Crippen molar-refractivity contribution in [2.45, 2.75) is 13.0 Å². The number of aromatic nitrogens is 1. The summed E-state index contributed by atoms with van der Waals surface area (Å²) in [6.45, 7) is 4.52. The second-order valence-corrected chi connectivity index (χ2v) is 5.27. The molecule has 1 aliphatic rings. The molecule has 3 rings (SSSR count). The predicted molar refractivity (Wildman–Crippen MR) is 81.4 cm³/mol. The maximum Gasteiger partial charge on any atom is 0.247 e. The van der Waals surface area contributed by atoms with Crippen molar-refractivity contribution in [3.8, 4) is 0 Å². The molecule has 0 spiro atoms. The van der Waals surface area contributed by atoms with Crippen molar-refractivity contribution >= 4 is 11.7 Å².